The highest BCUT2D eigenvalue weighted by Gasteiger charge is 2.41. The van der Waals surface area contributed by atoms with Gasteiger partial charge in [-0.15, -0.1) is 0 Å². The number of rotatable bonds is 4. The summed E-state index contributed by atoms with van der Waals surface area (Å²) in [5.74, 6) is 0.317. The minimum Gasteiger partial charge on any atom is -0.381 e. The van der Waals surface area contributed by atoms with E-state index in [1.807, 2.05) is 24.5 Å². The maximum atomic E-state index is 12.1. The van der Waals surface area contributed by atoms with Gasteiger partial charge in [-0.1, -0.05) is 0 Å². The second-order valence-corrected chi connectivity index (χ2v) is 6.08. The number of ether oxygens (including phenoxy) is 1. The van der Waals surface area contributed by atoms with Crippen LogP contribution in [0.1, 0.15) is 31.2 Å². The van der Waals surface area contributed by atoms with E-state index in [0.717, 1.165) is 52.0 Å². The molecular weight excluding hydrogens is 252 g/mol. The highest BCUT2D eigenvalue weighted by Crippen LogP contribution is 2.38. The highest BCUT2D eigenvalue weighted by molar-refractivity contribution is 5.77. The molecule has 20 heavy (non-hydrogen) atoms. The molecular formula is C16H22N2O2. The van der Waals surface area contributed by atoms with Gasteiger partial charge in [-0.25, -0.2) is 0 Å². The Morgan fingerprint density at radius 2 is 2.15 bits per heavy atom. The smallest absolute Gasteiger partial charge is 0.222 e. The van der Waals surface area contributed by atoms with Crippen molar-refractivity contribution in [2.75, 3.05) is 26.3 Å². The number of hydrogen-bond acceptors (Lipinski definition) is 3. The molecule has 3 rings (SSSR count). The predicted octanol–water partition coefficient (Wildman–Crippen LogP) is 2.04. The van der Waals surface area contributed by atoms with Gasteiger partial charge >= 0.3 is 0 Å². The van der Waals surface area contributed by atoms with E-state index in [2.05, 4.69) is 9.88 Å². The first-order chi connectivity index (χ1) is 9.77. The fraction of sp³-hybridized carbons (Fsp3) is 0.625. The number of carbonyl (C=O) groups excluding carboxylic acids is 1. The third-order valence-corrected chi connectivity index (χ3v) is 4.58. The maximum Gasteiger partial charge on any atom is 0.222 e. The van der Waals surface area contributed by atoms with Gasteiger partial charge in [-0.2, -0.15) is 0 Å². The summed E-state index contributed by atoms with van der Waals surface area (Å²) >= 11 is 0. The third kappa shape index (κ3) is 3.01. The van der Waals surface area contributed by atoms with Gasteiger partial charge in [0.15, 0.2) is 0 Å². The van der Waals surface area contributed by atoms with E-state index in [1.165, 1.54) is 5.56 Å². The molecule has 1 aromatic rings. The van der Waals surface area contributed by atoms with E-state index in [4.69, 9.17) is 4.74 Å². The van der Waals surface area contributed by atoms with Crippen molar-refractivity contribution in [2.45, 2.75) is 32.1 Å². The molecule has 3 heterocycles. The summed E-state index contributed by atoms with van der Waals surface area (Å²) in [4.78, 5) is 18.1. The number of hydrogen-bond donors (Lipinski definition) is 0. The van der Waals surface area contributed by atoms with Gasteiger partial charge in [0.2, 0.25) is 5.91 Å². The maximum absolute atomic E-state index is 12.1. The van der Waals surface area contributed by atoms with E-state index in [0.29, 0.717) is 12.3 Å². The van der Waals surface area contributed by atoms with Crippen molar-refractivity contribution in [1.82, 2.24) is 9.88 Å². The van der Waals surface area contributed by atoms with Crippen molar-refractivity contribution in [3.8, 4) is 0 Å². The van der Waals surface area contributed by atoms with Gasteiger partial charge in [0.1, 0.15) is 0 Å². The summed E-state index contributed by atoms with van der Waals surface area (Å²) in [6.45, 7) is 3.45. The van der Waals surface area contributed by atoms with E-state index in [1.54, 1.807) is 0 Å². The van der Waals surface area contributed by atoms with Crippen LogP contribution in [0.4, 0.5) is 0 Å². The van der Waals surface area contributed by atoms with Crippen LogP contribution >= 0.6 is 0 Å². The molecule has 2 aliphatic heterocycles. The van der Waals surface area contributed by atoms with E-state index in [-0.39, 0.29) is 5.41 Å². The molecule has 0 radical (unpaired) electrons. The van der Waals surface area contributed by atoms with Gasteiger partial charge < -0.3 is 9.64 Å². The Hall–Kier alpha value is -1.42. The van der Waals surface area contributed by atoms with Crippen LogP contribution in [-0.4, -0.2) is 42.1 Å². The number of carbonyl (C=O) groups is 1. The highest BCUT2D eigenvalue weighted by atomic mass is 16.5. The minimum atomic E-state index is 0.255. The standard InChI is InChI=1S/C16H22N2O2/c19-15-3-6-16(7-11-20-13-16)12-18(15)10-1-2-14-4-8-17-9-5-14/h4-5,8-9H,1-3,6-7,10-13H2. The lowest BCUT2D eigenvalue weighted by molar-refractivity contribution is -0.137. The van der Waals surface area contributed by atoms with Crippen LogP contribution < -0.4 is 0 Å². The molecule has 0 aromatic carbocycles. The first-order valence-electron chi connectivity index (χ1n) is 7.52. The molecule has 0 bridgehead atoms. The minimum absolute atomic E-state index is 0.255. The quantitative estimate of drug-likeness (QED) is 0.844. The molecule has 1 unspecified atom stereocenters. The lowest BCUT2D eigenvalue weighted by atomic mass is 9.79. The average Bonchev–Trinajstić information content (AvgIpc) is 2.92. The normalized spacial score (nSPS) is 26.4. The zero-order valence-electron chi connectivity index (χ0n) is 11.9. The number of aromatic nitrogens is 1. The Bertz CT molecular complexity index is 455. The molecule has 0 aliphatic carbocycles. The van der Waals surface area contributed by atoms with Crippen molar-refractivity contribution in [1.29, 1.82) is 0 Å². The van der Waals surface area contributed by atoms with Gasteiger partial charge in [0, 0.05) is 43.9 Å². The van der Waals surface area contributed by atoms with Gasteiger partial charge in [-0.3, -0.25) is 9.78 Å². The van der Waals surface area contributed by atoms with Crippen LogP contribution in [0.3, 0.4) is 0 Å². The molecule has 108 valence electrons. The number of amides is 1. The molecule has 1 atom stereocenters. The Balaban J connectivity index is 1.52. The van der Waals surface area contributed by atoms with Crippen molar-refractivity contribution < 1.29 is 9.53 Å². The van der Waals surface area contributed by atoms with Crippen molar-refractivity contribution in [3.05, 3.63) is 30.1 Å². The Morgan fingerprint density at radius 3 is 2.90 bits per heavy atom. The second kappa shape index (κ2) is 5.92. The number of nitrogens with zero attached hydrogens (tertiary/aromatic N) is 2. The molecule has 1 spiro atoms. The largest absolute Gasteiger partial charge is 0.381 e. The molecule has 1 aromatic heterocycles. The number of piperidine rings is 1. The monoisotopic (exact) mass is 274 g/mol. The third-order valence-electron chi connectivity index (χ3n) is 4.58. The van der Waals surface area contributed by atoms with Crippen LogP contribution in [-0.2, 0) is 16.0 Å². The predicted molar refractivity (Wildman–Crippen MR) is 76.2 cm³/mol. The lowest BCUT2D eigenvalue weighted by Gasteiger charge is -2.39. The molecule has 4 heteroatoms. The number of aryl methyl sites for hydroxylation is 1. The Labute approximate surface area is 120 Å². The Morgan fingerprint density at radius 1 is 1.30 bits per heavy atom. The summed E-state index contributed by atoms with van der Waals surface area (Å²) in [6, 6.07) is 4.09. The first-order valence-corrected chi connectivity index (χ1v) is 7.52. The van der Waals surface area contributed by atoms with Gasteiger partial charge in [0.05, 0.1) is 6.61 Å². The topological polar surface area (TPSA) is 42.4 Å². The summed E-state index contributed by atoms with van der Waals surface area (Å²) in [6.07, 6.45) is 8.49. The van der Waals surface area contributed by atoms with Crippen LogP contribution in [0.5, 0.6) is 0 Å². The molecule has 0 N–H and O–H groups in total. The van der Waals surface area contributed by atoms with Crippen molar-refractivity contribution in [2.24, 2.45) is 5.41 Å². The molecule has 4 nitrogen and oxygen atoms in total. The second-order valence-electron chi connectivity index (χ2n) is 6.08. The summed E-state index contributed by atoms with van der Waals surface area (Å²) < 4.78 is 5.55. The molecule has 2 fully saturated rings. The molecule has 0 saturated carbocycles. The van der Waals surface area contributed by atoms with E-state index in [9.17, 15) is 4.79 Å². The van der Waals surface area contributed by atoms with Crippen LogP contribution in [0.15, 0.2) is 24.5 Å². The molecule has 2 aliphatic rings. The van der Waals surface area contributed by atoms with E-state index < -0.39 is 0 Å². The summed E-state index contributed by atoms with van der Waals surface area (Å²) in [7, 11) is 0. The summed E-state index contributed by atoms with van der Waals surface area (Å²) in [5, 5.41) is 0. The number of likely N-dealkylation sites (tertiary alicyclic amines) is 1. The van der Waals surface area contributed by atoms with Crippen LogP contribution in [0.2, 0.25) is 0 Å². The fourth-order valence-corrected chi connectivity index (χ4v) is 3.30. The fourth-order valence-electron chi connectivity index (χ4n) is 3.30. The molecule has 1 amide bonds. The van der Waals surface area contributed by atoms with Gasteiger partial charge in [0.25, 0.3) is 0 Å². The number of pyridine rings is 1. The zero-order chi connectivity index (χ0) is 13.8. The summed E-state index contributed by atoms with van der Waals surface area (Å²) in [5.41, 5.74) is 1.55. The Kier molecular flexibility index (Phi) is 4.01. The zero-order valence-corrected chi connectivity index (χ0v) is 11.9. The van der Waals surface area contributed by atoms with Crippen LogP contribution in [0.25, 0.3) is 0 Å². The molecule has 2 saturated heterocycles. The van der Waals surface area contributed by atoms with Crippen LogP contribution in [0, 0.1) is 5.41 Å². The van der Waals surface area contributed by atoms with E-state index >= 15 is 0 Å². The average molecular weight is 274 g/mol. The SMILES string of the molecule is O=C1CCC2(CCOC2)CN1CCCc1ccncc1. The van der Waals surface area contributed by atoms with Crippen molar-refractivity contribution in [3.63, 3.8) is 0 Å². The van der Waals surface area contributed by atoms with Crippen molar-refractivity contribution >= 4 is 5.91 Å². The first kappa shape index (κ1) is 13.6. The lowest BCUT2D eigenvalue weighted by Crippen LogP contribution is -2.47. The van der Waals surface area contributed by atoms with Gasteiger partial charge in [-0.05, 0) is 43.4 Å².